The van der Waals surface area contributed by atoms with Crippen molar-refractivity contribution in [2.24, 2.45) is 5.92 Å². The Hall–Kier alpha value is -1.71. The van der Waals surface area contributed by atoms with Gasteiger partial charge in [0, 0.05) is 12.0 Å². The standard InChI is InChI=1S/C14H21NO3/c1-5-6-10(2)14(16)15-12-9-11(17-3)7-8-13(12)18-4/h7-10H,5-6H2,1-4H3,(H,15,16)/t10-/m0/s1. The lowest BCUT2D eigenvalue weighted by molar-refractivity contribution is -0.119. The second-order valence-corrected chi connectivity index (χ2v) is 4.25. The highest BCUT2D eigenvalue weighted by Crippen LogP contribution is 2.29. The highest BCUT2D eigenvalue weighted by atomic mass is 16.5. The van der Waals surface area contributed by atoms with E-state index in [1.807, 2.05) is 6.92 Å². The van der Waals surface area contributed by atoms with Crippen molar-refractivity contribution >= 4 is 11.6 Å². The highest BCUT2D eigenvalue weighted by Gasteiger charge is 2.14. The van der Waals surface area contributed by atoms with E-state index >= 15 is 0 Å². The molecule has 0 radical (unpaired) electrons. The number of ether oxygens (including phenoxy) is 2. The van der Waals surface area contributed by atoms with E-state index in [2.05, 4.69) is 12.2 Å². The summed E-state index contributed by atoms with van der Waals surface area (Å²) in [5.74, 6) is 1.32. The van der Waals surface area contributed by atoms with Crippen LogP contribution in [-0.2, 0) is 4.79 Å². The predicted octanol–water partition coefficient (Wildman–Crippen LogP) is 3.08. The van der Waals surface area contributed by atoms with Gasteiger partial charge in [0.1, 0.15) is 11.5 Å². The predicted molar refractivity (Wildman–Crippen MR) is 72.2 cm³/mol. The SMILES string of the molecule is CCC[C@H](C)C(=O)Nc1cc(OC)ccc1OC. The number of anilines is 1. The van der Waals surface area contributed by atoms with E-state index in [1.165, 1.54) is 0 Å². The molecule has 0 aliphatic heterocycles. The normalized spacial score (nSPS) is 11.8. The van der Waals surface area contributed by atoms with E-state index in [0.717, 1.165) is 12.8 Å². The number of carbonyl (C=O) groups is 1. The smallest absolute Gasteiger partial charge is 0.227 e. The summed E-state index contributed by atoms with van der Waals surface area (Å²) in [7, 11) is 3.17. The molecule has 18 heavy (non-hydrogen) atoms. The molecule has 1 amide bonds. The summed E-state index contributed by atoms with van der Waals surface area (Å²) in [4.78, 5) is 12.0. The molecule has 0 heterocycles. The van der Waals surface area contributed by atoms with Gasteiger partial charge in [-0.25, -0.2) is 0 Å². The van der Waals surface area contributed by atoms with Crippen LogP contribution in [0.2, 0.25) is 0 Å². The minimum absolute atomic E-state index is 0.00315. The molecule has 0 bridgehead atoms. The molecular weight excluding hydrogens is 230 g/mol. The van der Waals surface area contributed by atoms with Crippen LogP contribution in [0.1, 0.15) is 26.7 Å². The van der Waals surface area contributed by atoms with Crippen LogP contribution < -0.4 is 14.8 Å². The fourth-order valence-electron chi connectivity index (χ4n) is 1.73. The molecule has 1 aromatic carbocycles. The number of hydrogen-bond acceptors (Lipinski definition) is 3. The Labute approximate surface area is 108 Å². The summed E-state index contributed by atoms with van der Waals surface area (Å²) < 4.78 is 10.4. The topological polar surface area (TPSA) is 47.6 Å². The van der Waals surface area contributed by atoms with E-state index in [-0.39, 0.29) is 11.8 Å². The first kappa shape index (κ1) is 14.4. The molecule has 1 atom stereocenters. The van der Waals surface area contributed by atoms with Crippen molar-refractivity contribution in [2.75, 3.05) is 19.5 Å². The monoisotopic (exact) mass is 251 g/mol. The van der Waals surface area contributed by atoms with Crippen molar-refractivity contribution in [3.8, 4) is 11.5 Å². The lowest BCUT2D eigenvalue weighted by Crippen LogP contribution is -2.20. The average Bonchev–Trinajstić information content (AvgIpc) is 2.38. The van der Waals surface area contributed by atoms with Gasteiger partial charge < -0.3 is 14.8 Å². The van der Waals surface area contributed by atoms with Gasteiger partial charge in [-0.3, -0.25) is 4.79 Å². The number of methoxy groups -OCH3 is 2. The van der Waals surface area contributed by atoms with Gasteiger partial charge in [0.05, 0.1) is 19.9 Å². The number of amides is 1. The maximum Gasteiger partial charge on any atom is 0.227 e. The van der Waals surface area contributed by atoms with Gasteiger partial charge in [0.25, 0.3) is 0 Å². The second kappa shape index (κ2) is 6.89. The van der Waals surface area contributed by atoms with Crippen molar-refractivity contribution in [2.45, 2.75) is 26.7 Å². The Bertz CT molecular complexity index is 404. The van der Waals surface area contributed by atoms with E-state index in [4.69, 9.17) is 9.47 Å². The fourth-order valence-corrected chi connectivity index (χ4v) is 1.73. The summed E-state index contributed by atoms with van der Waals surface area (Å²) >= 11 is 0. The van der Waals surface area contributed by atoms with Crippen LogP contribution in [-0.4, -0.2) is 20.1 Å². The zero-order chi connectivity index (χ0) is 13.5. The first-order chi connectivity index (χ1) is 8.62. The quantitative estimate of drug-likeness (QED) is 0.845. The zero-order valence-corrected chi connectivity index (χ0v) is 11.4. The Kier molecular flexibility index (Phi) is 5.49. The third kappa shape index (κ3) is 3.65. The Morgan fingerprint density at radius 1 is 1.33 bits per heavy atom. The number of benzene rings is 1. The summed E-state index contributed by atoms with van der Waals surface area (Å²) in [6, 6.07) is 5.33. The van der Waals surface area contributed by atoms with Crippen LogP contribution in [0, 0.1) is 5.92 Å². The van der Waals surface area contributed by atoms with Crippen molar-refractivity contribution in [1.29, 1.82) is 0 Å². The molecule has 0 fully saturated rings. The number of carbonyl (C=O) groups excluding carboxylic acids is 1. The lowest BCUT2D eigenvalue weighted by Gasteiger charge is -2.14. The van der Waals surface area contributed by atoms with Gasteiger partial charge in [0.15, 0.2) is 0 Å². The molecule has 1 N–H and O–H groups in total. The Balaban J connectivity index is 2.84. The largest absolute Gasteiger partial charge is 0.497 e. The second-order valence-electron chi connectivity index (χ2n) is 4.25. The minimum atomic E-state index is -0.00842. The summed E-state index contributed by atoms with van der Waals surface area (Å²) in [5.41, 5.74) is 0.643. The van der Waals surface area contributed by atoms with Crippen LogP contribution in [0.25, 0.3) is 0 Å². The van der Waals surface area contributed by atoms with Gasteiger partial charge in [0.2, 0.25) is 5.91 Å². The third-order valence-corrected chi connectivity index (χ3v) is 2.83. The van der Waals surface area contributed by atoms with Crippen molar-refractivity contribution < 1.29 is 14.3 Å². The summed E-state index contributed by atoms with van der Waals surface area (Å²) in [5, 5.41) is 2.88. The number of rotatable bonds is 6. The molecule has 4 heteroatoms. The minimum Gasteiger partial charge on any atom is -0.497 e. The molecule has 0 unspecified atom stereocenters. The Morgan fingerprint density at radius 2 is 2.06 bits per heavy atom. The number of nitrogens with one attached hydrogen (secondary N) is 1. The molecule has 4 nitrogen and oxygen atoms in total. The molecule has 1 rings (SSSR count). The van der Waals surface area contributed by atoms with E-state index in [9.17, 15) is 4.79 Å². The molecular formula is C14H21NO3. The van der Waals surface area contributed by atoms with Crippen molar-refractivity contribution in [3.63, 3.8) is 0 Å². The maximum absolute atomic E-state index is 12.0. The molecule has 1 aromatic rings. The van der Waals surface area contributed by atoms with Gasteiger partial charge in [-0.15, -0.1) is 0 Å². The van der Waals surface area contributed by atoms with Crippen LogP contribution >= 0.6 is 0 Å². The zero-order valence-electron chi connectivity index (χ0n) is 11.4. The summed E-state index contributed by atoms with van der Waals surface area (Å²) in [6.07, 6.45) is 1.86. The Morgan fingerprint density at radius 3 is 2.61 bits per heavy atom. The van der Waals surface area contributed by atoms with E-state index in [1.54, 1.807) is 32.4 Å². The van der Waals surface area contributed by atoms with Gasteiger partial charge in [-0.1, -0.05) is 20.3 Å². The van der Waals surface area contributed by atoms with E-state index in [0.29, 0.717) is 17.2 Å². The summed E-state index contributed by atoms with van der Waals surface area (Å²) in [6.45, 7) is 3.99. The van der Waals surface area contributed by atoms with Crippen LogP contribution in [0.3, 0.4) is 0 Å². The molecule has 0 saturated carbocycles. The van der Waals surface area contributed by atoms with Gasteiger partial charge >= 0.3 is 0 Å². The average molecular weight is 251 g/mol. The number of hydrogen-bond donors (Lipinski definition) is 1. The maximum atomic E-state index is 12.0. The molecule has 0 aliphatic carbocycles. The first-order valence-corrected chi connectivity index (χ1v) is 6.15. The molecule has 0 spiro atoms. The van der Waals surface area contributed by atoms with Crippen LogP contribution in [0.15, 0.2) is 18.2 Å². The van der Waals surface area contributed by atoms with Crippen molar-refractivity contribution in [1.82, 2.24) is 0 Å². The first-order valence-electron chi connectivity index (χ1n) is 6.15. The van der Waals surface area contributed by atoms with E-state index < -0.39 is 0 Å². The molecule has 0 aromatic heterocycles. The van der Waals surface area contributed by atoms with Crippen LogP contribution in [0.5, 0.6) is 11.5 Å². The molecule has 0 aliphatic rings. The van der Waals surface area contributed by atoms with Crippen LogP contribution in [0.4, 0.5) is 5.69 Å². The fraction of sp³-hybridized carbons (Fsp3) is 0.500. The molecule has 0 saturated heterocycles. The highest BCUT2D eigenvalue weighted by molar-refractivity contribution is 5.94. The van der Waals surface area contributed by atoms with Gasteiger partial charge in [-0.05, 0) is 18.6 Å². The van der Waals surface area contributed by atoms with Gasteiger partial charge in [-0.2, -0.15) is 0 Å². The molecule has 100 valence electrons. The third-order valence-electron chi connectivity index (χ3n) is 2.83. The van der Waals surface area contributed by atoms with Crippen molar-refractivity contribution in [3.05, 3.63) is 18.2 Å². The lowest BCUT2D eigenvalue weighted by atomic mass is 10.1.